The molecule has 0 saturated heterocycles. The molecule has 2 N–H and O–H groups in total. The lowest BCUT2D eigenvalue weighted by Crippen LogP contribution is -1.73. The van der Waals surface area contributed by atoms with Crippen molar-refractivity contribution in [1.29, 1.82) is 0 Å². The topological polar surface area (TPSA) is 26.0 Å². The summed E-state index contributed by atoms with van der Waals surface area (Å²) in [6.07, 6.45) is 2.05. The van der Waals surface area contributed by atoms with Gasteiger partial charge in [-0.25, -0.2) is 0 Å². The van der Waals surface area contributed by atoms with Gasteiger partial charge in [-0.05, 0) is 23.8 Å². The zero-order chi connectivity index (χ0) is 9.42. The molecule has 2 aromatic rings. The van der Waals surface area contributed by atoms with Crippen LogP contribution in [0, 0.1) is 0 Å². The van der Waals surface area contributed by atoms with Crippen LogP contribution in [0.5, 0.6) is 0 Å². The average Bonchev–Trinajstić information content (AvgIpc) is 2.47. The van der Waals surface area contributed by atoms with E-state index < -0.39 is 0 Å². The largest absolute Gasteiger partial charge is 0.391 e. The number of nitrogen functional groups attached to an aromatic ring is 1. The quantitative estimate of drug-likeness (QED) is 0.576. The van der Waals surface area contributed by atoms with E-state index in [2.05, 4.69) is 31.0 Å². The van der Waals surface area contributed by atoms with Crippen LogP contribution in [0.1, 0.15) is 0 Å². The van der Waals surface area contributed by atoms with Crippen LogP contribution in [-0.2, 0) is 0 Å². The van der Waals surface area contributed by atoms with Gasteiger partial charge in [0.1, 0.15) is 0 Å². The van der Waals surface area contributed by atoms with E-state index in [0.29, 0.717) is 0 Å². The highest BCUT2D eigenvalue weighted by Crippen LogP contribution is 2.37. The van der Waals surface area contributed by atoms with E-state index in [-0.39, 0.29) is 0 Å². The number of thioether (sulfide) groups is 1. The fraction of sp³-hybridized carbons (Fsp3) is 0.111. The van der Waals surface area contributed by atoms with Crippen LogP contribution in [0.2, 0.25) is 0 Å². The molecule has 0 amide bonds. The summed E-state index contributed by atoms with van der Waals surface area (Å²) in [5.41, 5.74) is 5.73. The van der Waals surface area contributed by atoms with E-state index in [4.69, 9.17) is 5.73 Å². The third-order valence-electron chi connectivity index (χ3n) is 1.86. The van der Waals surface area contributed by atoms with E-state index in [1.165, 1.54) is 15.0 Å². The highest BCUT2D eigenvalue weighted by molar-refractivity contribution is 7.99. The van der Waals surface area contributed by atoms with Gasteiger partial charge in [0.25, 0.3) is 0 Å². The van der Waals surface area contributed by atoms with Gasteiger partial charge in [-0.15, -0.1) is 35.7 Å². The number of hydrogen-bond acceptors (Lipinski definition) is 4. The Morgan fingerprint density at radius 3 is 2.92 bits per heavy atom. The van der Waals surface area contributed by atoms with Crippen molar-refractivity contribution in [3.05, 3.63) is 18.2 Å². The van der Waals surface area contributed by atoms with Gasteiger partial charge in [0.15, 0.2) is 0 Å². The van der Waals surface area contributed by atoms with Crippen molar-refractivity contribution >= 4 is 50.8 Å². The summed E-state index contributed by atoms with van der Waals surface area (Å²) >= 11 is 7.80. The lowest BCUT2D eigenvalue weighted by molar-refractivity contribution is 1.33. The van der Waals surface area contributed by atoms with Crippen LogP contribution >= 0.6 is 35.7 Å². The van der Waals surface area contributed by atoms with Gasteiger partial charge in [-0.1, -0.05) is 6.07 Å². The minimum atomic E-state index is 0.851. The van der Waals surface area contributed by atoms with Gasteiger partial charge in [0.05, 0.1) is 9.70 Å². The van der Waals surface area contributed by atoms with Crippen LogP contribution in [0.4, 0.5) is 5.00 Å². The Hall–Kier alpha value is -0.320. The SMILES string of the molecule is CSc1ccc2cc(N)sc2c1S. The maximum absolute atomic E-state index is 5.73. The number of nitrogens with two attached hydrogens (primary N) is 1. The summed E-state index contributed by atoms with van der Waals surface area (Å²) in [4.78, 5) is 2.25. The molecule has 1 aromatic carbocycles. The average molecular weight is 227 g/mol. The second-order valence-electron chi connectivity index (χ2n) is 2.68. The zero-order valence-electron chi connectivity index (χ0n) is 7.07. The molecule has 0 atom stereocenters. The Bertz CT molecular complexity index is 447. The van der Waals surface area contributed by atoms with Crippen molar-refractivity contribution in [3.8, 4) is 0 Å². The molecule has 2 rings (SSSR count). The van der Waals surface area contributed by atoms with Gasteiger partial charge in [0.2, 0.25) is 0 Å². The molecule has 0 aliphatic rings. The fourth-order valence-corrected chi connectivity index (χ4v) is 3.31. The molecule has 1 aromatic heterocycles. The van der Waals surface area contributed by atoms with Crippen molar-refractivity contribution < 1.29 is 0 Å². The monoisotopic (exact) mass is 227 g/mol. The summed E-state index contributed by atoms with van der Waals surface area (Å²) in [5, 5.41) is 2.04. The van der Waals surface area contributed by atoms with Crippen LogP contribution in [0.15, 0.2) is 28.0 Å². The van der Waals surface area contributed by atoms with Crippen LogP contribution in [0.3, 0.4) is 0 Å². The molecular weight excluding hydrogens is 218 g/mol. The van der Waals surface area contributed by atoms with Crippen molar-refractivity contribution in [2.45, 2.75) is 9.79 Å². The van der Waals surface area contributed by atoms with Gasteiger partial charge in [0, 0.05) is 9.79 Å². The molecule has 13 heavy (non-hydrogen) atoms. The number of fused-ring (bicyclic) bond motifs is 1. The van der Waals surface area contributed by atoms with Gasteiger partial charge in [-0.2, -0.15) is 0 Å². The Balaban J connectivity index is 2.78. The fourth-order valence-electron chi connectivity index (χ4n) is 1.25. The molecule has 68 valence electrons. The van der Waals surface area contributed by atoms with Crippen molar-refractivity contribution in [1.82, 2.24) is 0 Å². The van der Waals surface area contributed by atoms with E-state index in [1.807, 2.05) is 6.07 Å². The molecule has 0 radical (unpaired) electrons. The van der Waals surface area contributed by atoms with E-state index in [9.17, 15) is 0 Å². The first-order chi connectivity index (χ1) is 6.22. The third-order valence-corrected chi connectivity index (χ3v) is 4.41. The smallest absolute Gasteiger partial charge is 0.0869 e. The standard InChI is InChI=1S/C9H9NS3/c1-12-6-3-2-5-4-7(10)13-9(5)8(6)11/h2-4,11H,10H2,1H3. The molecule has 0 bridgehead atoms. The predicted molar refractivity (Wildman–Crippen MR) is 65.3 cm³/mol. The Kier molecular flexibility index (Phi) is 2.45. The molecule has 0 fully saturated rings. The van der Waals surface area contributed by atoms with E-state index in [1.54, 1.807) is 23.1 Å². The molecular formula is C9H9NS3. The number of hydrogen-bond donors (Lipinski definition) is 2. The number of rotatable bonds is 1. The minimum absolute atomic E-state index is 0.851. The first-order valence-electron chi connectivity index (χ1n) is 3.77. The molecule has 0 aliphatic carbocycles. The first-order valence-corrected chi connectivity index (χ1v) is 6.26. The Labute approximate surface area is 90.7 Å². The summed E-state index contributed by atoms with van der Waals surface area (Å²) in [7, 11) is 0. The van der Waals surface area contributed by atoms with Crippen molar-refractivity contribution in [2.24, 2.45) is 0 Å². The lowest BCUT2D eigenvalue weighted by Gasteiger charge is -2.01. The second-order valence-corrected chi connectivity index (χ2v) is 5.06. The molecule has 0 aliphatic heterocycles. The zero-order valence-corrected chi connectivity index (χ0v) is 9.60. The van der Waals surface area contributed by atoms with Gasteiger partial charge < -0.3 is 5.73 Å². The molecule has 0 saturated carbocycles. The van der Waals surface area contributed by atoms with Crippen LogP contribution in [-0.4, -0.2) is 6.26 Å². The molecule has 1 nitrogen and oxygen atoms in total. The maximum Gasteiger partial charge on any atom is 0.0869 e. The van der Waals surface area contributed by atoms with Crippen LogP contribution in [0.25, 0.3) is 10.1 Å². The van der Waals surface area contributed by atoms with Gasteiger partial charge in [-0.3, -0.25) is 0 Å². The summed E-state index contributed by atoms with van der Waals surface area (Å²) < 4.78 is 1.19. The number of anilines is 1. The lowest BCUT2D eigenvalue weighted by atomic mass is 10.3. The normalized spacial score (nSPS) is 10.9. The van der Waals surface area contributed by atoms with Crippen molar-refractivity contribution in [3.63, 3.8) is 0 Å². The van der Waals surface area contributed by atoms with Gasteiger partial charge >= 0.3 is 0 Å². The number of benzene rings is 1. The van der Waals surface area contributed by atoms with E-state index in [0.717, 1.165) is 9.90 Å². The number of thiophene rings is 1. The number of thiol groups is 1. The molecule has 1 heterocycles. The second kappa shape index (κ2) is 3.44. The molecule has 0 unspecified atom stereocenters. The molecule has 0 spiro atoms. The first kappa shape index (κ1) is 9.24. The maximum atomic E-state index is 5.73. The minimum Gasteiger partial charge on any atom is -0.391 e. The highest BCUT2D eigenvalue weighted by atomic mass is 32.2. The molecule has 4 heteroatoms. The predicted octanol–water partition coefficient (Wildman–Crippen LogP) is 3.49. The van der Waals surface area contributed by atoms with Crippen molar-refractivity contribution in [2.75, 3.05) is 12.0 Å². The van der Waals surface area contributed by atoms with Crippen LogP contribution < -0.4 is 5.73 Å². The summed E-state index contributed by atoms with van der Waals surface area (Å²) in [6.45, 7) is 0. The highest BCUT2D eigenvalue weighted by Gasteiger charge is 2.06. The third kappa shape index (κ3) is 1.54. The Morgan fingerprint density at radius 2 is 2.23 bits per heavy atom. The Morgan fingerprint density at radius 1 is 1.46 bits per heavy atom. The van der Waals surface area contributed by atoms with E-state index >= 15 is 0 Å². The summed E-state index contributed by atoms with van der Waals surface area (Å²) in [5.74, 6) is 0. The summed E-state index contributed by atoms with van der Waals surface area (Å²) in [6, 6.07) is 6.17.